The Labute approximate surface area is 123 Å². The van der Waals surface area contributed by atoms with Gasteiger partial charge in [0, 0.05) is 24.0 Å². The summed E-state index contributed by atoms with van der Waals surface area (Å²) in [6.45, 7) is 0.603. The molecule has 1 unspecified atom stereocenters. The Bertz CT molecular complexity index is 690. The van der Waals surface area contributed by atoms with Gasteiger partial charge in [-0.3, -0.25) is 0 Å². The van der Waals surface area contributed by atoms with Crippen LogP contribution in [0.4, 0.5) is 5.69 Å². The molecule has 0 spiro atoms. The van der Waals surface area contributed by atoms with Crippen molar-refractivity contribution in [3.63, 3.8) is 0 Å². The molecule has 1 atom stereocenters. The Balaban J connectivity index is 2.01. The van der Waals surface area contributed by atoms with E-state index in [0.29, 0.717) is 6.54 Å². The lowest BCUT2D eigenvalue weighted by atomic mass is 10.0. The maximum Gasteiger partial charge on any atom is 0.0675 e. The number of thiophene rings is 1. The standard InChI is InChI=1S/C17H18N2S/c1-19(13-7-3-2-4-8-13)16(11-18)15-12-20-17-10-6-5-9-14(15)17/h2-10,12,16H,11,18H2,1H3. The Hall–Kier alpha value is -1.84. The molecule has 1 heterocycles. The molecular weight excluding hydrogens is 264 g/mol. The van der Waals surface area contributed by atoms with Crippen molar-refractivity contribution in [2.75, 3.05) is 18.5 Å². The van der Waals surface area contributed by atoms with Crippen molar-refractivity contribution >= 4 is 27.1 Å². The monoisotopic (exact) mass is 282 g/mol. The van der Waals surface area contributed by atoms with Gasteiger partial charge in [-0.2, -0.15) is 0 Å². The van der Waals surface area contributed by atoms with Crippen molar-refractivity contribution in [3.05, 3.63) is 65.5 Å². The van der Waals surface area contributed by atoms with Crippen LogP contribution in [0.25, 0.3) is 10.1 Å². The zero-order chi connectivity index (χ0) is 13.9. The van der Waals surface area contributed by atoms with E-state index in [0.717, 1.165) is 0 Å². The van der Waals surface area contributed by atoms with E-state index in [1.807, 2.05) is 6.07 Å². The van der Waals surface area contributed by atoms with Gasteiger partial charge >= 0.3 is 0 Å². The highest BCUT2D eigenvalue weighted by Crippen LogP contribution is 2.34. The summed E-state index contributed by atoms with van der Waals surface area (Å²) in [6.07, 6.45) is 0. The normalized spacial score (nSPS) is 12.5. The zero-order valence-electron chi connectivity index (χ0n) is 11.5. The molecule has 0 aliphatic rings. The summed E-state index contributed by atoms with van der Waals surface area (Å²) in [5, 5.41) is 3.55. The van der Waals surface area contributed by atoms with Gasteiger partial charge in [0.1, 0.15) is 0 Å². The number of nitrogens with zero attached hydrogens (tertiary/aromatic N) is 1. The minimum Gasteiger partial charge on any atom is -0.366 e. The Morgan fingerprint density at radius 2 is 1.75 bits per heavy atom. The van der Waals surface area contributed by atoms with E-state index in [1.54, 1.807) is 11.3 Å². The van der Waals surface area contributed by atoms with E-state index >= 15 is 0 Å². The Kier molecular flexibility index (Phi) is 3.72. The molecule has 0 aliphatic heterocycles. The number of nitrogens with two attached hydrogens (primary N) is 1. The van der Waals surface area contributed by atoms with E-state index in [1.165, 1.54) is 21.3 Å². The van der Waals surface area contributed by atoms with Crippen LogP contribution < -0.4 is 10.6 Å². The highest BCUT2D eigenvalue weighted by Gasteiger charge is 2.19. The third-order valence-electron chi connectivity index (χ3n) is 3.72. The van der Waals surface area contributed by atoms with Crippen molar-refractivity contribution in [1.82, 2.24) is 0 Å². The molecular formula is C17H18N2S. The summed E-state index contributed by atoms with van der Waals surface area (Å²) in [7, 11) is 2.11. The lowest BCUT2D eigenvalue weighted by Gasteiger charge is -2.29. The van der Waals surface area contributed by atoms with Gasteiger partial charge in [0.05, 0.1) is 6.04 Å². The third-order valence-corrected chi connectivity index (χ3v) is 4.71. The molecule has 0 saturated heterocycles. The van der Waals surface area contributed by atoms with Crippen LogP contribution >= 0.6 is 11.3 Å². The number of hydrogen-bond acceptors (Lipinski definition) is 3. The quantitative estimate of drug-likeness (QED) is 0.782. The van der Waals surface area contributed by atoms with Gasteiger partial charge < -0.3 is 10.6 Å². The van der Waals surface area contributed by atoms with Gasteiger partial charge in [-0.15, -0.1) is 11.3 Å². The highest BCUT2D eigenvalue weighted by molar-refractivity contribution is 7.17. The summed E-state index contributed by atoms with van der Waals surface area (Å²) in [5.41, 5.74) is 8.57. The number of rotatable bonds is 4. The Morgan fingerprint density at radius 1 is 1.05 bits per heavy atom. The molecule has 0 aliphatic carbocycles. The minimum atomic E-state index is 0.202. The molecule has 0 bridgehead atoms. The largest absolute Gasteiger partial charge is 0.366 e. The first kappa shape index (κ1) is 13.2. The second-order valence-corrected chi connectivity index (χ2v) is 5.80. The van der Waals surface area contributed by atoms with Crippen molar-refractivity contribution in [2.45, 2.75) is 6.04 Å². The molecule has 3 rings (SSSR count). The summed E-state index contributed by atoms with van der Waals surface area (Å²) in [6, 6.07) is 19.1. The number of likely N-dealkylation sites (N-methyl/N-ethyl adjacent to an activating group) is 1. The fourth-order valence-corrected chi connectivity index (χ4v) is 3.60. The van der Waals surface area contributed by atoms with E-state index < -0.39 is 0 Å². The van der Waals surface area contributed by atoms with Crippen LogP contribution in [-0.4, -0.2) is 13.6 Å². The second kappa shape index (κ2) is 5.65. The van der Waals surface area contributed by atoms with Gasteiger partial charge in [0.2, 0.25) is 0 Å². The fraction of sp³-hybridized carbons (Fsp3) is 0.176. The summed E-state index contributed by atoms with van der Waals surface area (Å²) in [4.78, 5) is 2.26. The Morgan fingerprint density at radius 3 is 2.50 bits per heavy atom. The van der Waals surface area contributed by atoms with Crippen molar-refractivity contribution < 1.29 is 0 Å². The summed E-state index contributed by atoms with van der Waals surface area (Å²) < 4.78 is 1.32. The molecule has 2 aromatic carbocycles. The summed E-state index contributed by atoms with van der Waals surface area (Å²) >= 11 is 1.79. The molecule has 3 heteroatoms. The predicted molar refractivity (Wildman–Crippen MR) is 88.5 cm³/mol. The fourth-order valence-electron chi connectivity index (χ4n) is 2.59. The molecule has 102 valence electrons. The lowest BCUT2D eigenvalue weighted by Crippen LogP contribution is -2.30. The zero-order valence-corrected chi connectivity index (χ0v) is 12.3. The first-order chi connectivity index (χ1) is 9.81. The van der Waals surface area contributed by atoms with E-state index in [2.05, 4.69) is 65.9 Å². The molecule has 0 saturated carbocycles. The predicted octanol–water partition coefficient (Wildman–Crippen LogP) is 4.04. The number of anilines is 1. The van der Waals surface area contributed by atoms with Crippen molar-refractivity contribution in [2.24, 2.45) is 5.73 Å². The number of fused-ring (bicyclic) bond motifs is 1. The van der Waals surface area contributed by atoms with Crippen LogP contribution in [0, 0.1) is 0 Å². The van der Waals surface area contributed by atoms with Crippen LogP contribution in [0.15, 0.2) is 60.0 Å². The second-order valence-electron chi connectivity index (χ2n) is 4.89. The van der Waals surface area contributed by atoms with Crippen molar-refractivity contribution in [3.8, 4) is 0 Å². The molecule has 2 nitrogen and oxygen atoms in total. The lowest BCUT2D eigenvalue weighted by molar-refractivity contribution is 0.687. The molecule has 2 N–H and O–H groups in total. The van der Waals surface area contributed by atoms with Gasteiger partial charge in [0.25, 0.3) is 0 Å². The van der Waals surface area contributed by atoms with Crippen LogP contribution in [0.5, 0.6) is 0 Å². The van der Waals surface area contributed by atoms with Crippen LogP contribution in [0.3, 0.4) is 0 Å². The van der Waals surface area contributed by atoms with Crippen LogP contribution in [0.1, 0.15) is 11.6 Å². The van der Waals surface area contributed by atoms with Gasteiger partial charge in [-0.1, -0.05) is 36.4 Å². The minimum absolute atomic E-state index is 0.202. The smallest absolute Gasteiger partial charge is 0.0675 e. The molecule has 3 aromatic rings. The van der Waals surface area contributed by atoms with Gasteiger partial charge in [0.15, 0.2) is 0 Å². The first-order valence-electron chi connectivity index (χ1n) is 6.75. The highest BCUT2D eigenvalue weighted by atomic mass is 32.1. The van der Waals surface area contributed by atoms with Crippen LogP contribution in [0.2, 0.25) is 0 Å². The number of para-hydroxylation sites is 1. The van der Waals surface area contributed by atoms with E-state index in [9.17, 15) is 0 Å². The van der Waals surface area contributed by atoms with Gasteiger partial charge in [-0.05, 0) is 34.5 Å². The SMILES string of the molecule is CN(c1ccccc1)C(CN)c1csc2ccccc12. The molecule has 0 fully saturated rings. The number of benzene rings is 2. The molecule has 1 aromatic heterocycles. The third kappa shape index (κ3) is 2.30. The average molecular weight is 282 g/mol. The molecule has 0 amide bonds. The van der Waals surface area contributed by atoms with Gasteiger partial charge in [-0.25, -0.2) is 0 Å². The average Bonchev–Trinajstić information content (AvgIpc) is 2.93. The topological polar surface area (TPSA) is 29.3 Å². The number of hydrogen-bond donors (Lipinski definition) is 1. The molecule has 20 heavy (non-hydrogen) atoms. The molecule has 0 radical (unpaired) electrons. The van der Waals surface area contributed by atoms with Crippen LogP contribution in [-0.2, 0) is 0 Å². The summed E-state index contributed by atoms with van der Waals surface area (Å²) in [5.74, 6) is 0. The van der Waals surface area contributed by atoms with E-state index in [4.69, 9.17) is 5.73 Å². The maximum absolute atomic E-state index is 6.06. The van der Waals surface area contributed by atoms with Crippen molar-refractivity contribution in [1.29, 1.82) is 0 Å². The van der Waals surface area contributed by atoms with E-state index in [-0.39, 0.29) is 6.04 Å². The first-order valence-corrected chi connectivity index (χ1v) is 7.63. The maximum atomic E-state index is 6.06.